The number of rotatable bonds is 4. The summed E-state index contributed by atoms with van der Waals surface area (Å²) in [5.74, 6) is 0.887. The Morgan fingerprint density at radius 2 is 2.25 bits per heavy atom. The Kier molecular flexibility index (Phi) is 3.54. The number of nitrogens with zero attached hydrogens (tertiary/aromatic N) is 2. The SMILES string of the molecule is CN(Cc1ccsc1)c1cccc(CO)n1. The van der Waals surface area contributed by atoms with Gasteiger partial charge in [0.25, 0.3) is 0 Å². The molecular weight excluding hydrogens is 220 g/mol. The van der Waals surface area contributed by atoms with Crippen LogP contribution in [0.1, 0.15) is 11.3 Å². The van der Waals surface area contributed by atoms with Gasteiger partial charge in [0.15, 0.2) is 0 Å². The molecule has 2 aromatic rings. The van der Waals surface area contributed by atoms with Gasteiger partial charge in [0.2, 0.25) is 0 Å². The first-order valence-electron chi connectivity index (χ1n) is 5.08. The van der Waals surface area contributed by atoms with Gasteiger partial charge in [-0.3, -0.25) is 0 Å². The molecule has 0 unspecified atom stereocenters. The third-order valence-electron chi connectivity index (χ3n) is 2.35. The van der Waals surface area contributed by atoms with Crippen molar-refractivity contribution in [2.75, 3.05) is 11.9 Å². The van der Waals surface area contributed by atoms with Crippen LogP contribution in [0.15, 0.2) is 35.0 Å². The van der Waals surface area contributed by atoms with E-state index in [1.54, 1.807) is 11.3 Å². The molecule has 2 rings (SSSR count). The summed E-state index contributed by atoms with van der Waals surface area (Å²) < 4.78 is 0. The highest BCUT2D eigenvalue weighted by Gasteiger charge is 2.04. The van der Waals surface area contributed by atoms with Crippen LogP contribution in [0.2, 0.25) is 0 Å². The quantitative estimate of drug-likeness (QED) is 0.881. The van der Waals surface area contributed by atoms with Crippen LogP contribution in [-0.4, -0.2) is 17.1 Å². The average molecular weight is 234 g/mol. The van der Waals surface area contributed by atoms with Crippen LogP contribution in [0.5, 0.6) is 0 Å². The van der Waals surface area contributed by atoms with E-state index < -0.39 is 0 Å². The first-order valence-corrected chi connectivity index (χ1v) is 6.03. The molecule has 0 aromatic carbocycles. The second-order valence-corrected chi connectivity index (χ2v) is 4.41. The van der Waals surface area contributed by atoms with E-state index in [0.717, 1.165) is 12.4 Å². The smallest absolute Gasteiger partial charge is 0.128 e. The van der Waals surface area contributed by atoms with Gasteiger partial charge in [-0.2, -0.15) is 11.3 Å². The van der Waals surface area contributed by atoms with E-state index in [2.05, 4.69) is 26.7 Å². The molecule has 84 valence electrons. The molecule has 0 atom stereocenters. The van der Waals surface area contributed by atoms with Crippen LogP contribution in [0.3, 0.4) is 0 Å². The lowest BCUT2D eigenvalue weighted by Gasteiger charge is -2.17. The summed E-state index contributed by atoms with van der Waals surface area (Å²) in [6.45, 7) is 0.825. The highest BCUT2D eigenvalue weighted by Crippen LogP contribution is 2.15. The van der Waals surface area contributed by atoms with Crippen molar-refractivity contribution < 1.29 is 5.11 Å². The summed E-state index contributed by atoms with van der Waals surface area (Å²) in [5, 5.41) is 13.2. The lowest BCUT2D eigenvalue weighted by Crippen LogP contribution is -2.17. The average Bonchev–Trinajstić information content (AvgIpc) is 2.82. The van der Waals surface area contributed by atoms with Crippen LogP contribution < -0.4 is 4.90 Å². The van der Waals surface area contributed by atoms with Gasteiger partial charge in [0, 0.05) is 13.6 Å². The molecule has 1 N–H and O–H groups in total. The predicted molar refractivity (Wildman–Crippen MR) is 66.6 cm³/mol. The molecular formula is C12H14N2OS. The van der Waals surface area contributed by atoms with Crippen molar-refractivity contribution in [2.45, 2.75) is 13.2 Å². The summed E-state index contributed by atoms with van der Waals surface area (Å²) in [5.41, 5.74) is 1.98. The molecule has 16 heavy (non-hydrogen) atoms. The van der Waals surface area contributed by atoms with E-state index in [4.69, 9.17) is 5.11 Å². The van der Waals surface area contributed by atoms with Gasteiger partial charge in [-0.1, -0.05) is 6.07 Å². The van der Waals surface area contributed by atoms with Gasteiger partial charge in [0.1, 0.15) is 5.82 Å². The maximum atomic E-state index is 9.02. The number of thiophene rings is 1. The van der Waals surface area contributed by atoms with E-state index in [1.165, 1.54) is 5.56 Å². The zero-order valence-corrected chi connectivity index (χ0v) is 9.94. The lowest BCUT2D eigenvalue weighted by molar-refractivity contribution is 0.277. The molecule has 0 bridgehead atoms. The molecule has 0 saturated heterocycles. The zero-order valence-electron chi connectivity index (χ0n) is 9.13. The van der Waals surface area contributed by atoms with Crippen LogP contribution in [0.4, 0.5) is 5.82 Å². The molecule has 0 fully saturated rings. The van der Waals surface area contributed by atoms with E-state index in [-0.39, 0.29) is 6.61 Å². The van der Waals surface area contributed by atoms with Crippen LogP contribution >= 0.6 is 11.3 Å². The van der Waals surface area contributed by atoms with Gasteiger partial charge in [-0.15, -0.1) is 0 Å². The molecule has 0 amide bonds. The van der Waals surface area contributed by atoms with E-state index in [0.29, 0.717) is 5.69 Å². The zero-order chi connectivity index (χ0) is 11.4. The largest absolute Gasteiger partial charge is 0.390 e. The van der Waals surface area contributed by atoms with Gasteiger partial charge < -0.3 is 10.0 Å². The maximum Gasteiger partial charge on any atom is 0.128 e. The highest BCUT2D eigenvalue weighted by molar-refractivity contribution is 7.07. The molecule has 0 aliphatic heterocycles. The number of aliphatic hydroxyl groups is 1. The second kappa shape index (κ2) is 5.09. The minimum Gasteiger partial charge on any atom is -0.390 e. The number of aromatic nitrogens is 1. The number of anilines is 1. The maximum absolute atomic E-state index is 9.02. The fraction of sp³-hybridized carbons (Fsp3) is 0.250. The Balaban J connectivity index is 2.11. The van der Waals surface area contributed by atoms with Crippen LogP contribution in [-0.2, 0) is 13.2 Å². The molecule has 2 aromatic heterocycles. The van der Waals surface area contributed by atoms with Crippen molar-refractivity contribution in [3.8, 4) is 0 Å². The Labute approximate surface area is 99.0 Å². The van der Waals surface area contributed by atoms with Crippen molar-refractivity contribution in [3.63, 3.8) is 0 Å². The van der Waals surface area contributed by atoms with Crippen LogP contribution in [0, 0.1) is 0 Å². The van der Waals surface area contributed by atoms with E-state index in [1.807, 2.05) is 25.2 Å². The summed E-state index contributed by atoms with van der Waals surface area (Å²) >= 11 is 1.70. The number of hydrogen-bond acceptors (Lipinski definition) is 4. The summed E-state index contributed by atoms with van der Waals surface area (Å²) in [6.07, 6.45) is 0. The Morgan fingerprint density at radius 3 is 2.94 bits per heavy atom. The van der Waals surface area contributed by atoms with Crippen molar-refractivity contribution in [3.05, 3.63) is 46.3 Å². The van der Waals surface area contributed by atoms with Crippen molar-refractivity contribution in [1.29, 1.82) is 0 Å². The lowest BCUT2D eigenvalue weighted by atomic mass is 10.3. The molecule has 4 heteroatoms. The normalized spacial score (nSPS) is 10.4. The Bertz CT molecular complexity index is 442. The summed E-state index contributed by atoms with van der Waals surface area (Å²) in [6, 6.07) is 7.79. The Morgan fingerprint density at radius 1 is 1.38 bits per heavy atom. The third kappa shape index (κ3) is 2.59. The van der Waals surface area contributed by atoms with Crippen molar-refractivity contribution >= 4 is 17.2 Å². The number of pyridine rings is 1. The fourth-order valence-corrected chi connectivity index (χ4v) is 2.16. The molecule has 0 aliphatic rings. The number of hydrogen-bond donors (Lipinski definition) is 1. The topological polar surface area (TPSA) is 36.4 Å². The first-order chi connectivity index (χ1) is 7.79. The molecule has 0 spiro atoms. The first kappa shape index (κ1) is 11.1. The van der Waals surface area contributed by atoms with Gasteiger partial charge in [-0.25, -0.2) is 4.98 Å². The second-order valence-electron chi connectivity index (χ2n) is 3.63. The van der Waals surface area contributed by atoms with Crippen LogP contribution in [0.25, 0.3) is 0 Å². The standard InChI is InChI=1S/C12H14N2OS/c1-14(7-10-5-6-16-9-10)12-4-2-3-11(8-15)13-12/h2-6,9,15H,7-8H2,1H3. The van der Waals surface area contributed by atoms with E-state index >= 15 is 0 Å². The van der Waals surface area contributed by atoms with Gasteiger partial charge in [0.05, 0.1) is 12.3 Å². The molecule has 0 radical (unpaired) electrons. The fourth-order valence-electron chi connectivity index (χ4n) is 1.51. The predicted octanol–water partition coefficient (Wildman–Crippen LogP) is 2.27. The van der Waals surface area contributed by atoms with Crippen molar-refractivity contribution in [1.82, 2.24) is 4.98 Å². The van der Waals surface area contributed by atoms with Gasteiger partial charge >= 0.3 is 0 Å². The monoisotopic (exact) mass is 234 g/mol. The number of aliphatic hydroxyl groups excluding tert-OH is 1. The van der Waals surface area contributed by atoms with E-state index in [9.17, 15) is 0 Å². The Hall–Kier alpha value is -1.39. The molecule has 0 aliphatic carbocycles. The van der Waals surface area contributed by atoms with Crippen molar-refractivity contribution in [2.24, 2.45) is 0 Å². The third-order valence-corrected chi connectivity index (χ3v) is 3.08. The molecule has 2 heterocycles. The molecule has 3 nitrogen and oxygen atoms in total. The minimum absolute atomic E-state index is 0.0138. The van der Waals surface area contributed by atoms with Gasteiger partial charge in [-0.05, 0) is 34.5 Å². The summed E-state index contributed by atoms with van der Waals surface area (Å²) in [4.78, 5) is 6.42. The summed E-state index contributed by atoms with van der Waals surface area (Å²) in [7, 11) is 2.00. The minimum atomic E-state index is -0.0138. The highest BCUT2D eigenvalue weighted by atomic mass is 32.1. The molecule has 0 saturated carbocycles.